The molecule has 2 N–H and O–H groups in total. The van der Waals surface area contributed by atoms with Crippen molar-refractivity contribution >= 4 is 5.91 Å². The van der Waals surface area contributed by atoms with E-state index in [2.05, 4.69) is 31.4 Å². The summed E-state index contributed by atoms with van der Waals surface area (Å²) >= 11 is 0. The molecule has 0 saturated carbocycles. The molecular formula is C17H27N3O. The lowest BCUT2D eigenvalue weighted by atomic mass is 9.74. The molecule has 2 aliphatic rings. The van der Waals surface area contributed by atoms with E-state index in [1.807, 2.05) is 4.90 Å². The van der Waals surface area contributed by atoms with Gasteiger partial charge in [-0.2, -0.15) is 0 Å². The highest BCUT2D eigenvalue weighted by Gasteiger charge is 2.33. The molecule has 0 spiro atoms. The number of aromatic nitrogens is 1. The molecule has 1 aliphatic heterocycles. The number of likely N-dealkylation sites (tertiary alicyclic amines) is 1. The molecule has 2 heterocycles. The van der Waals surface area contributed by atoms with Crippen molar-refractivity contribution in [2.45, 2.75) is 59.0 Å². The third-order valence-electron chi connectivity index (χ3n) is 5.02. The lowest BCUT2D eigenvalue weighted by Crippen LogP contribution is -2.34. The fourth-order valence-electron chi connectivity index (χ4n) is 3.93. The molecule has 1 aromatic rings. The highest BCUT2D eigenvalue weighted by Crippen LogP contribution is 2.40. The van der Waals surface area contributed by atoms with E-state index in [1.54, 1.807) is 0 Å². The number of amides is 1. The second kappa shape index (κ2) is 5.16. The van der Waals surface area contributed by atoms with Gasteiger partial charge in [0.15, 0.2) is 0 Å². The Balaban J connectivity index is 1.87. The molecule has 1 saturated heterocycles. The van der Waals surface area contributed by atoms with Gasteiger partial charge >= 0.3 is 0 Å². The van der Waals surface area contributed by atoms with Gasteiger partial charge in [-0.3, -0.25) is 4.79 Å². The monoisotopic (exact) mass is 289 g/mol. The Morgan fingerprint density at radius 3 is 2.71 bits per heavy atom. The van der Waals surface area contributed by atoms with Crippen LogP contribution >= 0.6 is 0 Å². The van der Waals surface area contributed by atoms with Crippen molar-refractivity contribution in [1.82, 2.24) is 9.47 Å². The number of rotatable bonds is 2. The van der Waals surface area contributed by atoms with Crippen LogP contribution in [0.2, 0.25) is 0 Å². The fourth-order valence-corrected chi connectivity index (χ4v) is 3.93. The predicted molar refractivity (Wildman–Crippen MR) is 84.0 cm³/mol. The molecule has 0 bridgehead atoms. The standard InChI is InChI=1S/C17H27N3O/c1-12-8-13-14(18)9-17(2,3)10-15(13)20(12)11-16(21)19-6-4-5-7-19/h8,14H,4-7,9-11,18H2,1-3H3. The topological polar surface area (TPSA) is 51.3 Å². The van der Waals surface area contributed by atoms with Gasteiger partial charge in [-0.1, -0.05) is 13.8 Å². The summed E-state index contributed by atoms with van der Waals surface area (Å²) < 4.78 is 2.21. The third-order valence-corrected chi connectivity index (χ3v) is 5.02. The largest absolute Gasteiger partial charge is 0.341 e. The number of fused-ring (bicyclic) bond motifs is 1. The summed E-state index contributed by atoms with van der Waals surface area (Å²) in [6, 6.07) is 2.29. The minimum Gasteiger partial charge on any atom is -0.341 e. The zero-order valence-corrected chi connectivity index (χ0v) is 13.5. The van der Waals surface area contributed by atoms with E-state index in [0.29, 0.717) is 6.54 Å². The minimum absolute atomic E-state index is 0.102. The number of hydrogen-bond acceptors (Lipinski definition) is 2. The highest BCUT2D eigenvalue weighted by molar-refractivity contribution is 5.76. The van der Waals surface area contributed by atoms with Gasteiger partial charge < -0.3 is 15.2 Å². The number of nitrogens with two attached hydrogens (primary N) is 1. The second-order valence-electron chi connectivity index (χ2n) is 7.51. The summed E-state index contributed by atoms with van der Waals surface area (Å²) in [6.45, 7) is 8.95. The molecule has 4 nitrogen and oxygen atoms in total. The maximum absolute atomic E-state index is 12.5. The summed E-state index contributed by atoms with van der Waals surface area (Å²) in [4.78, 5) is 14.5. The maximum Gasteiger partial charge on any atom is 0.242 e. The van der Waals surface area contributed by atoms with Crippen LogP contribution in [0.1, 0.15) is 56.1 Å². The van der Waals surface area contributed by atoms with Crippen molar-refractivity contribution in [3.63, 3.8) is 0 Å². The van der Waals surface area contributed by atoms with Crippen molar-refractivity contribution in [1.29, 1.82) is 0 Å². The van der Waals surface area contributed by atoms with Crippen molar-refractivity contribution in [3.05, 3.63) is 23.0 Å². The number of aryl methyl sites for hydroxylation is 1. The molecule has 1 unspecified atom stereocenters. The Kier molecular flexibility index (Phi) is 3.60. The van der Waals surface area contributed by atoms with Crippen molar-refractivity contribution < 1.29 is 4.79 Å². The highest BCUT2D eigenvalue weighted by atomic mass is 16.2. The molecule has 4 heteroatoms. The van der Waals surface area contributed by atoms with Gasteiger partial charge in [-0.25, -0.2) is 0 Å². The van der Waals surface area contributed by atoms with Gasteiger partial charge in [-0.15, -0.1) is 0 Å². The zero-order chi connectivity index (χ0) is 15.2. The van der Waals surface area contributed by atoms with E-state index < -0.39 is 0 Å². The van der Waals surface area contributed by atoms with Crippen LogP contribution in [0.25, 0.3) is 0 Å². The van der Waals surface area contributed by atoms with Crippen molar-refractivity contribution in [2.24, 2.45) is 11.1 Å². The number of carbonyl (C=O) groups excluding carboxylic acids is 1. The minimum atomic E-state index is 0.102. The molecule has 3 rings (SSSR count). The Bertz CT molecular complexity index is 553. The van der Waals surface area contributed by atoms with Crippen molar-refractivity contribution in [3.8, 4) is 0 Å². The van der Waals surface area contributed by atoms with Gasteiger partial charge in [0.05, 0.1) is 0 Å². The van der Waals surface area contributed by atoms with Gasteiger partial charge in [0.2, 0.25) is 5.91 Å². The van der Waals surface area contributed by atoms with Crippen molar-refractivity contribution in [2.75, 3.05) is 13.1 Å². The van der Waals surface area contributed by atoms with Crippen LogP contribution in [0, 0.1) is 12.3 Å². The molecular weight excluding hydrogens is 262 g/mol. The summed E-state index contributed by atoms with van der Waals surface area (Å²) in [5.74, 6) is 0.256. The second-order valence-corrected chi connectivity index (χ2v) is 7.51. The molecule has 21 heavy (non-hydrogen) atoms. The SMILES string of the molecule is Cc1cc2c(n1CC(=O)N1CCCC1)CC(C)(C)CC2N. The smallest absolute Gasteiger partial charge is 0.242 e. The predicted octanol–water partition coefficient (Wildman–Crippen LogP) is 2.39. The van der Waals surface area contributed by atoms with E-state index >= 15 is 0 Å². The first-order valence-electron chi connectivity index (χ1n) is 8.10. The van der Waals surface area contributed by atoms with Crippen LogP contribution in [-0.4, -0.2) is 28.5 Å². The first kappa shape index (κ1) is 14.6. The van der Waals surface area contributed by atoms with Gasteiger partial charge in [0, 0.05) is 30.5 Å². The molecule has 116 valence electrons. The van der Waals surface area contributed by atoms with E-state index in [9.17, 15) is 4.79 Å². The van der Waals surface area contributed by atoms with Gasteiger partial charge in [0.25, 0.3) is 0 Å². The molecule has 1 fully saturated rings. The molecule has 1 aliphatic carbocycles. The lowest BCUT2D eigenvalue weighted by molar-refractivity contribution is -0.130. The summed E-state index contributed by atoms with van der Waals surface area (Å²) in [5, 5.41) is 0. The van der Waals surface area contributed by atoms with E-state index in [0.717, 1.165) is 38.8 Å². The maximum atomic E-state index is 12.5. The molecule has 1 aromatic heterocycles. The Morgan fingerprint density at radius 1 is 1.38 bits per heavy atom. The first-order chi connectivity index (χ1) is 9.87. The van der Waals surface area contributed by atoms with Gasteiger partial charge in [0.1, 0.15) is 6.54 Å². The van der Waals surface area contributed by atoms with Crippen LogP contribution in [0.15, 0.2) is 6.07 Å². The Labute approximate surface area is 127 Å². The van der Waals surface area contributed by atoms with E-state index in [-0.39, 0.29) is 17.4 Å². The molecule has 0 radical (unpaired) electrons. The third kappa shape index (κ3) is 2.73. The van der Waals surface area contributed by atoms with Gasteiger partial charge in [-0.05, 0) is 49.7 Å². The average molecular weight is 289 g/mol. The normalized spacial score (nSPS) is 24.2. The molecule has 1 atom stereocenters. The van der Waals surface area contributed by atoms with Crippen LogP contribution in [0.5, 0.6) is 0 Å². The van der Waals surface area contributed by atoms with Crippen LogP contribution in [-0.2, 0) is 17.8 Å². The molecule has 1 amide bonds. The van der Waals surface area contributed by atoms with Crippen LogP contribution in [0.4, 0.5) is 0 Å². The van der Waals surface area contributed by atoms with Crippen LogP contribution < -0.4 is 5.73 Å². The average Bonchev–Trinajstić information content (AvgIpc) is 2.99. The number of carbonyl (C=O) groups is 1. The van der Waals surface area contributed by atoms with Crippen LogP contribution in [0.3, 0.4) is 0 Å². The first-order valence-corrected chi connectivity index (χ1v) is 8.10. The fraction of sp³-hybridized carbons (Fsp3) is 0.706. The van der Waals surface area contributed by atoms with E-state index in [4.69, 9.17) is 5.73 Å². The van der Waals surface area contributed by atoms with E-state index in [1.165, 1.54) is 17.0 Å². The summed E-state index contributed by atoms with van der Waals surface area (Å²) in [6.07, 6.45) is 4.32. The zero-order valence-electron chi connectivity index (χ0n) is 13.5. The number of hydrogen-bond donors (Lipinski definition) is 1. The quantitative estimate of drug-likeness (QED) is 0.909. The lowest BCUT2D eigenvalue weighted by Gasteiger charge is -2.34. The Morgan fingerprint density at radius 2 is 2.05 bits per heavy atom. The summed E-state index contributed by atoms with van der Waals surface area (Å²) in [5.41, 5.74) is 10.3. The Hall–Kier alpha value is -1.29. The number of nitrogens with zero attached hydrogens (tertiary/aromatic N) is 2. The molecule has 0 aromatic carbocycles. The summed E-state index contributed by atoms with van der Waals surface area (Å²) in [7, 11) is 0.